The van der Waals surface area contributed by atoms with Crippen LogP contribution in [-0.4, -0.2) is 45.3 Å². The van der Waals surface area contributed by atoms with E-state index >= 15 is 0 Å². The van der Waals surface area contributed by atoms with Gasteiger partial charge in [0.15, 0.2) is 5.17 Å². The maximum Gasteiger partial charge on any atom is 0.341 e. The number of nitrogens with zero attached hydrogens (tertiary/aromatic N) is 3. The average molecular weight is 460 g/mol. The summed E-state index contributed by atoms with van der Waals surface area (Å²) in [6, 6.07) is 1.67. The molecular formula is C20H21N5O4S2. The molecule has 1 fully saturated rings. The highest BCUT2D eigenvalue weighted by molar-refractivity contribution is 8.15. The third kappa shape index (κ3) is 4.77. The highest BCUT2D eigenvalue weighted by Gasteiger charge is 2.34. The third-order valence-corrected chi connectivity index (χ3v) is 7.31. The van der Waals surface area contributed by atoms with E-state index in [9.17, 15) is 14.4 Å². The van der Waals surface area contributed by atoms with Crippen molar-refractivity contribution in [1.29, 1.82) is 0 Å². The zero-order valence-electron chi connectivity index (χ0n) is 17.0. The van der Waals surface area contributed by atoms with E-state index in [1.807, 2.05) is 0 Å². The minimum Gasteiger partial charge on any atom is -0.465 e. The van der Waals surface area contributed by atoms with Crippen LogP contribution in [0.15, 0.2) is 23.5 Å². The van der Waals surface area contributed by atoms with Crippen molar-refractivity contribution in [1.82, 2.24) is 15.3 Å². The van der Waals surface area contributed by atoms with Gasteiger partial charge < -0.3 is 15.4 Å². The van der Waals surface area contributed by atoms with E-state index in [-0.39, 0.29) is 24.2 Å². The van der Waals surface area contributed by atoms with Gasteiger partial charge in [0.25, 0.3) is 5.95 Å². The Kier molecular flexibility index (Phi) is 6.33. The second-order valence-electron chi connectivity index (χ2n) is 7.36. The number of carbonyl (C=O) groups excluding carboxylic acids is 3. The van der Waals surface area contributed by atoms with Gasteiger partial charge in [-0.15, -0.1) is 11.3 Å². The van der Waals surface area contributed by atoms with Crippen LogP contribution >= 0.6 is 23.1 Å². The predicted molar refractivity (Wildman–Crippen MR) is 119 cm³/mol. The molecule has 9 nitrogen and oxygen atoms in total. The summed E-state index contributed by atoms with van der Waals surface area (Å²) in [4.78, 5) is 50.6. The molecule has 2 unspecified atom stereocenters. The molecule has 0 spiro atoms. The topological polar surface area (TPSA) is 123 Å². The van der Waals surface area contributed by atoms with E-state index in [0.717, 1.165) is 41.5 Å². The van der Waals surface area contributed by atoms with E-state index in [1.54, 1.807) is 18.5 Å². The molecule has 0 aromatic carbocycles. The van der Waals surface area contributed by atoms with Crippen molar-refractivity contribution in [3.63, 3.8) is 0 Å². The molecule has 1 aliphatic heterocycles. The summed E-state index contributed by atoms with van der Waals surface area (Å²) >= 11 is 2.57. The van der Waals surface area contributed by atoms with Crippen LogP contribution in [0.2, 0.25) is 0 Å². The van der Waals surface area contributed by atoms with E-state index in [0.29, 0.717) is 21.7 Å². The molecule has 2 N–H and O–H groups in total. The van der Waals surface area contributed by atoms with Crippen molar-refractivity contribution < 1.29 is 19.1 Å². The Morgan fingerprint density at radius 2 is 2.13 bits per heavy atom. The first-order valence-corrected chi connectivity index (χ1v) is 11.5. The summed E-state index contributed by atoms with van der Waals surface area (Å²) in [5.41, 5.74) is 1.41. The molecule has 4 rings (SSSR count). The molecular weight excluding hydrogens is 438 g/mol. The number of hydrogen-bond donors (Lipinski definition) is 2. The number of esters is 1. The Balaban J connectivity index is 1.46. The molecule has 2 aromatic rings. The highest BCUT2D eigenvalue weighted by atomic mass is 32.2. The minimum atomic E-state index is -0.626. The molecule has 31 heavy (non-hydrogen) atoms. The lowest BCUT2D eigenvalue weighted by molar-refractivity contribution is -0.122. The van der Waals surface area contributed by atoms with Crippen molar-refractivity contribution >= 4 is 57.0 Å². The Morgan fingerprint density at radius 3 is 2.87 bits per heavy atom. The number of nitrogens with one attached hydrogen (secondary N) is 2. The zero-order chi connectivity index (χ0) is 22.0. The average Bonchev–Trinajstić information content (AvgIpc) is 3.26. The van der Waals surface area contributed by atoms with Gasteiger partial charge in [-0.25, -0.2) is 14.8 Å². The highest BCUT2D eigenvalue weighted by Crippen LogP contribution is 2.40. The standard InChI is InChI=1S/C20H21N5O4S2/c1-10-4-5-11-12(8-10)30-17(15(11)18(28)29-2)23-14(26)9-13-16(27)24-20(31-13)25-19-21-6-3-7-22-19/h3,6-7,10,13H,4-5,8-9H2,1-2H3,(H,23,26)(H,21,22,24,25,27). The Labute approximate surface area is 187 Å². The quantitative estimate of drug-likeness (QED) is 0.659. The fourth-order valence-electron chi connectivity index (χ4n) is 3.53. The number of methoxy groups -OCH3 is 1. The summed E-state index contributed by atoms with van der Waals surface area (Å²) in [5.74, 6) is -0.335. The molecule has 0 bridgehead atoms. The largest absolute Gasteiger partial charge is 0.465 e. The van der Waals surface area contributed by atoms with Crippen molar-refractivity contribution in [3.8, 4) is 0 Å². The normalized spacial score (nSPS) is 21.5. The fraction of sp³-hybridized carbons (Fsp3) is 0.400. The number of hydrogen-bond acceptors (Lipinski definition) is 9. The van der Waals surface area contributed by atoms with Crippen LogP contribution in [0.1, 0.15) is 40.6 Å². The lowest BCUT2D eigenvalue weighted by Gasteiger charge is -2.18. The predicted octanol–water partition coefficient (Wildman–Crippen LogP) is 2.70. The van der Waals surface area contributed by atoms with Crippen LogP contribution in [0.5, 0.6) is 0 Å². The van der Waals surface area contributed by atoms with Crippen LogP contribution in [0, 0.1) is 5.92 Å². The monoisotopic (exact) mass is 459 g/mol. The van der Waals surface area contributed by atoms with Crippen LogP contribution in [-0.2, 0) is 27.2 Å². The number of thiophene rings is 1. The smallest absolute Gasteiger partial charge is 0.341 e. The number of anilines is 1. The Bertz CT molecular complexity index is 1050. The first kappa shape index (κ1) is 21.4. The number of aliphatic imine (C=N–C) groups is 1. The van der Waals surface area contributed by atoms with Crippen LogP contribution in [0.25, 0.3) is 0 Å². The van der Waals surface area contributed by atoms with Gasteiger partial charge in [-0.05, 0) is 36.8 Å². The molecule has 2 aliphatic rings. The first-order chi connectivity index (χ1) is 14.9. The van der Waals surface area contributed by atoms with Gasteiger partial charge in [0.05, 0.1) is 12.7 Å². The van der Waals surface area contributed by atoms with E-state index < -0.39 is 11.2 Å². The number of aromatic nitrogens is 2. The SMILES string of the molecule is COC(=O)c1c(NC(=O)CC2S/C(=N\c3ncccn3)NC2=O)sc2c1CCC(C)C2. The molecule has 2 amide bonds. The first-order valence-electron chi connectivity index (χ1n) is 9.80. The fourth-order valence-corrected chi connectivity index (χ4v) is 5.91. The molecule has 0 radical (unpaired) electrons. The van der Waals surface area contributed by atoms with Gasteiger partial charge >= 0.3 is 5.97 Å². The minimum absolute atomic E-state index is 0.0508. The number of rotatable bonds is 5. The Morgan fingerprint density at radius 1 is 1.35 bits per heavy atom. The van der Waals surface area contributed by atoms with E-state index in [1.165, 1.54) is 18.4 Å². The maximum atomic E-state index is 12.7. The van der Waals surface area contributed by atoms with E-state index in [2.05, 4.69) is 32.5 Å². The van der Waals surface area contributed by atoms with Crippen molar-refractivity contribution in [2.75, 3.05) is 12.4 Å². The number of ether oxygens (including phenoxy) is 1. The Hall–Kier alpha value is -2.79. The van der Waals surface area contributed by atoms with Gasteiger partial charge in [0.2, 0.25) is 11.8 Å². The summed E-state index contributed by atoms with van der Waals surface area (Å²) < 4.78 is 4.95. The van der Waals surface area contributed by atoms with Gasteiger partial charge in [-0.2, -0.15) is 4.99 Å². The van der Waals surface area contributed by atoms with Crippen molar-refractivity contribution in [3.05, 3.63) is 34.5 Å². The molecule has 1 aliphatic carbocycles. The second-order valence-corrected chi connectivity index (χ2v) is 9.66. The number of carbonyl (C=O) groups is 3. The second kappa shape index (κ2) is 9.15. The summed E-state index contributed by atoms with van der Waals surface area (Å²) in [6.45, 7) is 2.17. The summed E-state index contributed by atoms with van der Waals surface area (Å²) in [7, 11) is 1.33. The van der Waals surface area contributed by atoms with E-state index in [4.69, 9.17) is 4.74 Å². The van der Waals surface area contributed by atoms with Crippen molar-refractivity contribution in [2.24, 2.45) is 10.9 Å². The number of amides is 2. The van der Waals surface area contributed by atoms with Crippen LogP contribution in [0.4, 0.5) is 10.9 Å². The van der Waals surface area contributed by atoms with Gasteiger partial charge in [0.1, 0.15) is 10.3 Å². The van der Waals surface area contributed by atoms with Crippen LogP contribution in [0.3, 0.4) is 0 Å². The lowest BCUT2D eigenvalue weighted by atomic mass is 9.88. The number of fused-ring (bicyclic) bond motifs is 1. The van der Waals surface area contributed by atoms with Gasteiger partial charge in [0, 0.05) is 23.7 Å². The molecule has 162 valence electrons. The summed E-state index contributed by atoms with van der Waals surface area (Å²) in [5, 5.41) is 5.70. The molecule has 11 heteroatoms. The van der Waals surface area contributed by atoms with Gasteiger partial charge in [-0.3, -0.25) is 9.59 Å². The molecule has 1 saturated heterocycles. The number of thioether (sulfide) groups is 1. The summed E-state index contributed by atoms with van der Waals surface area (Å²) in [6.07, 6.45) is 5.72. The van der Waals surface area contributed by atoms with Crippen LogP contribution < -0.4 is 10.6 Å². The maximum absolute atomic E-state index is 12.7. The number of amidine groups is 1. The van der Waals surface area contributed by atoms with Crippen molar-refractivity contribution in [2.45, 2.75) is 37.9 Å². The third-order valence-electron chi connectivity index (χ3n) is 5.06. The molecule has 3 heterocycles. The zero-order valence-corrected chi connectivity index (χ0v) is 18.6. The lowest BCUT2D eigenvalue weighted by Crippen LogP contribution is -2.28. The van der Waals surface area contributed by atoms with Gasteiger partial charge in [-0.1, -0.05) is 18.7 Å². The molecule has 0 saturated carbocycles. The molecule has 2 atom stereocenters. The molecule has 2 aromatic heterocycles.